The van der Waals surface area contributed by atoms with E-state index >= 15 is 0 Å². The van der Waals surface area contributed by atoms with Gasteiger partial charge < -0.3 is 10.2 Å². The van der Waals surface area contributed by atoms with Crippen molar-refractivity contribution in [3.8, 4) is 0 Å². The summed E-state index contributed by atoms with van der Waals surface area (Å²) in [6.45, 7) is 5.48. The molecule has 0 spiro atoms. The Morgan fingerprint density at radius 3 is 2.69 bits per heavy atom. The normalized spacial score (nSPS) is 11.1. The predicted molar refractivity (Wildman–Crippen MR) is 65.8 cm³/mol. The Kier molecular flexibility index (Phi) is 4.49. The third kappa shape index (κ3) is 4.02. The minimum atomic E-state index is -0.0625. The van der Waals surface area contributed by atoms with E-state index in [1.807, 2.05) is 32.8 Å². The van der Waals surface area contributed by atoms with Gasteiger partial charge in [-0.2, -0.15) is 5.10 Å². The van der Waals surface area contributed by atoms with Crippen LogP contribution < -0.4 is 10.9 Å². The number of hydrogen-bond donors (Lipinski definition) is 1. The minimum Gasteiger partial charge on any atom is -0.381 e. The molecular formula is C11H20N4O. The molecule has 0 aliphatic heterocycles. The maximum Gasteiger partial charge on any atom is 0.268 e. The van der Waals surface area contributed by atoms with Crippen LogP contribution in [-0.2, 0) is 6.54 Å². The third-order valence-electron chi connectivity index (χ3n) is 2.08. The maximum absolute atomic E-state index is 11.7. The number of anilines is 1. The van der Waals surface area contributed by atoms with Crippen LogP contribution >= 0.6 is 0 Å². The Morgan fingerprint density at radius 1 is 1.50 bits per heavy atom. The standard InChI is InChI=1S/C11H20N4O/c1-9(2)13-10-7-11(16)15(12-8-10)6-5-14(3)4/h7-9,13H,5-6H2,1-4H3. The average molecular weight is 224 g/mol. The van der Waals surface area contributed by atoms with Crippen LogP contribution in [0.4, 0.5) is 5.69 Å². The summed E-state index contributed by atoms with van der Waals surface area (Å²) in [4.78, 5) is 13.7. The lowest BCUT2D eigenvalue weighted by molar-refractivity contribution is 0.367. The van der Waals surface area contributed by atoms with Gasteiger partial charge in [-0.25, -0.2) is 4.68 Å². The summed E-state index contributed by atoms with van der Waals surface area (Å²) >= 11 is 0. The molecule has 0 fully saturated rings. The van der Waals surface area contributed by atoms with Crippen molar-refractivity contribution in [1.82, 2.24) is 14.7 Å². The molecule has 1 heterocycles. The fraction of sp³-hybridized carbons (Fsp3) is 0.636. The van der Waals surface area contributed by atoms with E-state index in [-0.39, 0.29) is 5.56 Å². The third-order valence-corrected chi connectivity index (χ3v) is 2.08. The lowest BCUT2D eigenvalue weighted by Crippen LogP contribution is -2.28. The molecule has 90 valence electrons. The summed E-state index contributed by atoms with van der Waals surface area (Å²) in [5, 5.41) is 7.27. The zero-order valence-electron chi connectivity index (χ0n) is 10.4. The van der Waals surface area contributed by atoms with E-state index in [9.17, 15) is 4.79 Å². The van der Waals surface area contributed by atoms with Crippen LogP contribution in [0.25, 0.3) is 0 Å². The number of rotatable bonds is 5. The van der Waals surface area contributed by atoms with Gasteiger partial charge in [0.15, 0.2) is 0 Å². The molecule has 0 saturated heterocycles. The van der Waals surface area contributed by atoms with Gasteiger partial charge in [-0.05, 0) is 27.9 Å². The largest absolute Gasteiger partial charge is 0.381 e. The monoisotopic (exact) mass is 224 g/mol. The SMILES string of the molecule is CC(C)Nc1cnn(CCN(C)C)c(=O)c1. The summed E-state index contributed by atoms with van der Waals surface area (Å²) in [5.41, 5.74) is 0.716. The van der Waals surface area contributed by atoms with Crippen molar-refractivity contribution >= 4 is 5.69 Å². The van der Waals surface area contributed by atoms with Crippen molar-refractivity contribution in [2.45, 2.75) is 26.4 Å². The van der Waals surface area contributed by atoms with Crippen molar-refractivity contribution in [1.29, 1.82) is 0 Å². The number of hydrogen-bond acceptors (Lipinski definition) is 4. The van der Waals surface area contributed by atoms with E-state index in [0.29, 0.717) is 12.6 Å². The quantitative estimate of drug-likeness (QED) is 0.797. The summed E-state index contributed by atoms with van der Waals surface area (Å²) in [6, 6.07) is 1.89. The molecule has 0 atom stereocenters. The van der Waals surface area contributed by atoms with Crippen molar-refractivity contribution in [2.75, 3.05) is 26.0 Å². The van der Waals surface area contributed by atoms with Gasteiger partial charge in [-0.3, -0.25) is 4.79 Å². The molecule has 0 aliphatic rings. The number of aromatic nitrogens is 2. The first-order valence-electron chi connectivity index (χ1n) is 5.47. The highest BCUT2D eigenvalue weighted by Gasteiger charge is 2.01. The molecule has 0 amide bonds. The van der Waals surface area contributed by atoms with Crippen LogP contribution in [0.3, 0.4) is 0 Å². The van der Waals surface area contributed by atoms with Gasteiger partial charge in [-0.15, -0.1) is 0 Å². The molecule has 5 heteroatoms. The van der Waals surface area contributed by atoms with Gasteiger partial charge in [0.1, 0.15) is 0 Å². The first kappa shape index (κ1) is 12.7. The maximum atomic E-state index is 11.7. The second kappa shape index (κ2) is 5.65. The van der Waals surface area contributed by atoms with Crippen LogP contribution in [0.1, 0.15) is 13.8 Å². The molecule has 5 nitrogen and oxygen atoms in total. The highest BCUT2D eigenvalue weighted by atomic mass is 16.1. The number of nitrogens with one attached hydrogen (secondary N) is 1. The fourth-order valence-electron chi connectivity index (χ4n) is 1.31. The Bertz CT molecular complexity index is 384. The van der Waals surface area contributed by atoms with Crippen LogP contribution in [0.15, 0.2) is 17.1 Å². The van der Waals surface area contributed by atoms with Gasteiger partial charge in [0.2, 0.25) is 0 Å². The second-order valence-corrected chi connectivity index (χ2v) is 4.41. The summed E-state index contributed by atoms with van der Waals surface area (Å²) < 4.78 is 1.48. The van der Waals surface area contributed by atoms with Gasteiger partial charge in [0, 0.05) is 18.7 Å². The Balaban J connectivity index is 2.72. The zero-order valence-corrected chi connectivity index (χ0v) is 10.4. The Hall–Kier alpha value is -1.36. The first-order chi connectivity index (χ1) is 7.49. The van der Waals surface area contributed by atoms with Gasteiger partial charge in [-0.1, -0.05) is 0 Å². The molecule has 1 rings (SSSR count). The van der Waals surface area contributed by atoms with Crippen molar-refractivity contribution in [3.05, 3.63) is 22.6 Å². The van der Waals surface area contributed by atoms with E-state index in [1.54, 1.807) is 12.3 Å². The van der Waals surface area contributed by atoms with E-state index in [0.717, 1.165) is 12.2 Å². The smallest absolute Gasteiger partial charge is 0.268 e. The van der Waals surface area contributed by atoms with E-state index in [4.69, 9.17) is 0 Å². The molecule has 1 N–H and O–H groups in total. The van der Waals surface area contributed by atoms with E-state index in [2.05, 4.69) is 10.4 Å². The van der Waals surface area contributed by atoms with Crippen LogP contribution in [0.5, 0.6) is 0 Å². The molecule has 0 aliphatic carbocycles. The molecular weight excluding hydrogens is 204 g/mol. The van der Waals surface area contributed by atoms with Crippen molar-refractivity contribution in [3.63, 3.8) is 0 Å². The molecule has 0 radical (unpaired) electrons. The summed E-state index contributed by atoms with van der Waals surface area (Å²) in [6.07, 6.45) is 1.69. The predicted octanol–water partition coefficient (Wildman–Crippen LogP) is 0.625. The van der Waals surface area contributed by atoms with Gasteiger partial charge in [0.25, 0.3) is 5.56 Å². The topological polar surface area (TPSA) is 50.2 Å². The number of nitrogens with zero attached hydrogens (tertiary/aromatic N) is 3. The molecule has 1 aromatic heterocycles. The fourth-order valence-corrected chi connectivity index (χ4v) is 1.31. The second-order valence-electron chi connectivity index (χ2n) is 4.41. The molecule has 0 unspecified atom stereocenters. The molecule has 0 aromatic carbocycles. The molecule has 0 bridgehead atoms. The highest BCUT2D eigenvalue weighted by molar-refractivity contribution is 5.39. The lowest BCUT2D eigenvalue weighted by Gasteiger charge is -2.12. The van der Waals surface area contributed by atoms with Gasteiger partial charge in [0.05, 0.1) is 18.4 Å². The molecule has 1 aromatic rings. The lowest BCUT2D eigenvalue weighted by atomic mass is 10.3. The van der Waals surface area contributed by atoms with Crippen molar-refractivity contribution < 1.29 is 0 Å². The highest BCUT2D eigenvalue weighted by Crippen LogP contribution is 2.01. The van der Waals surface area contributed by atoms with E-state index in [1.165, 1.54) is 4.68 Å². The summed E-state index contributed by atoms with van der Waals surface area (Å²) in [7, 11) is 3.94. The molecule has 0 saturated carbocycles. The number of likely N-dealkylation sites (N-methyl/N-ethyl adjacent to an activating group) is 1. The van der Waals surface area contributed by atoms with E-state index < -0.39 is 0 Å². The van der Waals surface area contributed by atoms with Crippen LogP contribution in [-0.4, -0.2) is 41.4 Å². The zero-order chi connectivity index (χ0) is 12.1. The van der Waals surface area contributed by atoms with Crippen molar-refractivity contribution in [2.24, 2.45) is 0 Å². The van der Waals surface area contributed by atoms with Crippen LogP contribution in [0, 0.1) is 0 Å². The van der Waals surface area contributed by atoms with Gasteiger partial charge >= 0.3 is 0 Å². The summed E-state index contributed by atoms with van der Waals surface area (Å²) in [5.74, 6) is 0. The molecule has 16 heavy (non-hydrogen) atoms. The Morgan fingerprint density at radius 2 is 2.19 bits per heavy atom. The minimum absolute atomic E-state index is 0.0625. The Labute approximate surface area is 96.1 Å². The van der Waals surface area contributed by atoms with Crippen LogP contribution in [0.2, 0.25) is 0 Å². The first-order valence-corrected chi connectivity index (χ1v) is 5.47. The average Bonchev–Trinajstić information content (AvgIpc) is 2.15.